The Morgan fingerprint density at radius 3 is 2.62 bits per heavy atom. The van der Waals surface area contributed by atoms with E-state index in [2.05, 4.69) is 15.4 Å². The molecule has 1 heterocycles. The standard InChI is InChI=1S/C18H27N3O3S.ClH/c22-18(20-13-14-5-4-10-19-12-14)15-6-3-9-17(11-15)25(23,24)21-16-7-1-2-8-16;/h3,6,9,11,14,16,19,21H,1-2,4-5,7-8,10,12-13H2,(H,20,22);1H. The summed E-state index contributed by atoms with van der Waals surface area (Å²) in [4.78, 5) is 12.5. The van der Waals surface area contributed by atoms with Gasteiger partial charge in [-0.1, -0.05) is 18.9 Å². The number of benzene rings is 1. The molecular weight excluding hydrogens is 374 g/mol. The van der Waals surface area contributed by atoms with Crippen LogP contribution in [-0.4, -0.2) is 40.0 Å². The summed E-state index contributed by atoms with van der Waals surface area (Å²) in [5.41, 5.74) is 0.387. The molecule has 1 aromatic carbocycles. The Hall–Kier alpha value is -1.15. The Labute approximate surface area is 162 Å². The van der Waals surface area contributed by atoms with Crippen LogP contribution in [-0.2, 0) is 10.0 Å². The zero-order chi connectivity index (χ0) is 17.7. The first-order valence-electron chi connectivity index (χ1n) is 9.16. The van der Waals surface area contributed by atoms with Crippen molar-refractivity contribution in [3.63, 3.8) is 0 Å². The van der Waals surface area contributed by atoms with Crippen LogP contribution in [0.4, 0.5) is 0 Å². The molecule has 8 heteroatoms. The monoisotopic (exact) mass is 401 g/mol. The molecule has 1 unspecified atom stereocenters. The molecule has 1 saturated carbocycles. The molecular formula is C18H28ClN3O3S. The number of halogens is 1. The molecule has 3 N–H and O–H groups in total. The number of amides is 1. The summed E-state index contributed by atoms with van der Waals surface area (Å²) in [5, 5.41) is 6.25. The van der Waals surface area contributed by atoms with Gasteiger partial charge in [0.25, 0.3) is 5.91 Å². The van der Waals surface area contributed by atoms with Gasteiger partial charge < -0.3 is 10.6 Å². The van der Waals surface area contributed by atoms with Crippen molar-refractivity contribution < 1.29 is 13.2 Å². The van der Waals surface area contributed by atoms with Gasteiger partial charge >= 0.3 is 0 Å². The second-order valence-electron chi connectivity index (χ2n) is 7.05. The van der Waals surface area contributed by atoms with E-state index < -0.39 is 10.0 Å². The van der Waals surface area contributed by atoms with Crippen LogP contribution in [0.25, 0.3) is 0 Å². The summed E-state index contributed by atoms with van der Waals surface area (Å²) >= 11 is 0. The Morgan fingerprint density at radius 1 is 1.15 bits per heavy atom. The largest absolute Gasteiger partial charge is 0.352 e. The van der Waals surface area contributed by atoms with E-state index in [4.69, 9.17) is 0 Å². The van der Waals surface area contributed by atoms with Gasteiger partial charge in [-0.25, -0.2) is 13.1 Å². The number of hydrogen-bond acceptors (Lipinski definition) is 4. The van der Waals surface area contributed by atoms with E-state index in [1.807, 2.05) is 0 Å². The third-order valence-corrected chi connectivity index (χ3v) is 6.55. The predicted molar refractivity (Wildman–Crippen MR) is 104 cm³/mol. The zero-order valence-corrected chi connectivity index (χ0v) is 16.5. The van der Waals surface area contributed by atoms with Gasteiger partial charge in [0.2, 0.25) is 10.0 Å². The van der Waals surface area contributed by atoms with E-state index >= 15 is 0 Å². The van der Waals surface area contributed by atoms with Crippen molar-refractivity contribution in [2.24, 2.45) is 5.92 Å². The molecule has 1 aliphatic heterocycles. The van der Waals surface area contributed by atoms with Crippen molar-refractivity contribution in [2.45, 2.75) is 49.5 Å². The SMILES string of the molecule is Cl.O=C(NCC1CCCNC1)c1cccc(S(=O)(=O)NC2CCCC2)c1. The fourth-order valence-corrected chi connectivity index (χ4v) is 4.92. The number of carbonyl (C=O) groups is 1. The van der Waals surface area contributed by atoms with Crippen LogP contribution in [0.15, 0.2) is 29.2 Å². The average Bonchev–Trinajstić information content (AvgIpc) is 3.13. The second-order valence-corrected chi connectivity index (χ2v) is 8.77. The lowest BCUT2D eigenvalue weighted by Gasteiger charge is -2.22. The lowest BCUT2D eigenvalue weighted by molar-refractivity contribution is 0.0944. The quantitative estimate of drug-likeness (QED) is 0.680. The third kappa shape index (κ3) is 5.67. The van der Waals surface area contributed by atoms with Gasteiger partial charge in [-0.15, -0.1) is 12.4 Å². The zero-order valence-electron chi connectivity index (χ0n) is 14.9. The molecule has 0 spiro atoms. The van der Waals surface area contributed by atoms with E-state index in [1.165, 1.54) is 6.07 Å². The van der Waals surface area contributed by atoms with Crippen molar-refractivity contribution in [3.05, 3.63) is 29.8 Å². The van der Waals surface area contributed by atoms with Crippen LogP contribution in [0, 0.1) is 5.92 Å². The normalized spacial score (nSPS) is 21.2. The van der Waals surface area contributed by atoms with E-state index in [9.17, 15) is 13.2 Å². The molecule has 2 fully saturated rings. The van der Waals surface area contributed by atoms with Crippen LogP contribution in [0.5, 0.6) is 0 Å². The molecule has 3 rings (SSSR count). The van der Waals surface area contributed by atoms with Crippen LogP contribution in [0.2, 0.25) is 0 Å². The summed E-state index contributed by atoms with van der Waals surface area (Å²) in [6.07, 6.45) is 6.12. The molecule has 1 amide bonds. The molecule has 0 radical (unpaired) electrons. The Kier molecular flexibility index (Phi) is 7.88. The topological polar surface area (TPSA) is 87.3 Å². The highest BCUT2D eigenvalue weighted by molar-refractivity contribution is 7.89. The lowest BCUT2D eigenvalue weighted by atomic mass is 10.00. The maximum atomic E-state index is 12.5. The maximum absolute atomic E-state index is 12.5. The maximum Gasteiger partial charge on any atom is 0.251 e. The number of carbonyl (C=O) groups excluding carboxylic acids is 1. The van der Waals surface area contributed by atoms with Gasteiger partial charge in [0.15, 0.2) is 0 Å². The Bertz CT molecular complexity index is 699. The molecule has 0 aromatic heterocycles. The van der Waals surface area contributed by atoms with E-state index in [1.54, 1.807) is 18.2 Å². The highest BCUT2D eigenvalue weighted by Crippen LogP contribution is 2.21. The predicted octanol–water partition coefficient (Wildman–Crippen LogP) is 2.06. The molecule has 0 bridgehead atoms. The molecule has 1 saturated heterocycles. The molecule has 1 aliphatic carbocycles. The summed E-state index contributed by atoms with van der Waals surface area (Å²) < 4.78 is 27.8. The number of nitrogens with one attached hydrogen (secondary N) is 3. The summed E-state index contributed by atoms with van der Waals surface area (Å²) in [6, 6.07) is 6.30. The number of rotatable bonds is 6. The minimum Gasteiger partial charge on any atom is -0.352 e. The average molecular weight is 402 g/mol. The first-order chi connectivity index (χ1) is 12.0. The molecule has 146 valence electrons. The summed E-state index contributed by atoms with van der Waals surface area (Å²) in [6.45, 7) is 2.57. The Morgan fingerprint density at radius 2 is 1.92 bits per heavy atom. The van der Waals surface area contributed by atoms with Gasteiger partial charge in [0, 0.05) is 18.2 Å². The number of sulfonamides is 1. The lowest BCUT2D eigenvalue weighted by Crippen LogP contribution is -2.38. The molecule has 26 heavy (non-hydrogen) atoms. The van der Waals surface area contributed by atoms with Crippen molar-refractivity contribution in [1.29, 1.82) is 0 Å². The van der Waals surface area contributed by atoms with Crippen LogP contribution >= 0.6 is 12.4 Å². The van der Waals surface area contributed by atoms with Crippen LogP contribution in [0.3, 0.4) is 0 Å². The van der Waals surface area contributed by atoms with Crippen molar-refractivity contribution in [3.8, 4) is 0 Å². The van der Waals surface area contributed by atoms with E-state index in [-0.39, 0.29) is 29.3 Å². The van der Waals surface area contributed by atoms with Crippen molar-refractivity contribution in [2.75, 3.05) is 19.6 Å². The third-order valence-electron chi connectivity index (χ3n) is 5.03. The second kappa shape index (κ2) is 9.69. The fraction of sp³-hybridized carbons (Fsp3) is 0.611. The fourth-order valence-electron chi connectivity index (χ4n) is 3.57. The summed E-state index contributed by atoms with van der Waals surface area (Å²) in [7, 11) is -3.58. The van der Waals surface area contributed by atoms with Gasteiger partial charge in [0.05, 0.1) is 4.90 Å². The smallest absolute Gasteiger partial charge is 0.251 e. The van der Waals surface area contributed by atoms with Gasteiger partial charge in [-0.2, -0.15) is 0 Å². The van der Waals surface area contributed by atoms with E-state index in [0.29, 0.717) is 18.0 Å². The highest BCUT2D eigenvalue weighted by Gasteiger charge is 2.23. The van der Waals surface area contributed by atoms with E-state index in [0.717, 1.165) is 51.6 Å². The Balaban J connectivity index is 0.00000243. The van der Waals surface area contributed by atoms with Crippen molar-refractivity contribution >= 4 is 28.3 Å². The van der Waals surface area contributed by atoms with Crippen LogP contribution < -0.4 is 15.4 Å². The molecule has 6 nitrogen and oxygen atoms in total. The minimum absolute atomic E-state index is 0. The molecule has 1 atom stereocenters. The first kappa shape index (κ1) is 21.2. The van der Waals surface area contributed by atoms with Gasteiger partial charge in [-0.05, 0) is 62.9 Å². The first-order valence-corrected chi connectivity index (χ1v) is 10.6. The number of piperidine rings is 1. The highest BCUT2D eigenvalue weighted by atomic mass is 35.5. The van der Waals surface area contributed by atoms with Gasteiger partial charge in [0.1, 0.15) is 0 Å². The van der Waals surface area contributed by atoms with Gasteiger partial charge in [-0.3, -0.25) is 4.79 Å². The summed E-state index contributed by atoms with van der Waals surface area (Å²) in [5.74, 6) is 0.220. The molecule has 1 aromatic rings. The minimum atomic E-state index is -3.58. The molecule has 2 aliphatic rings. The van der Waals surface area contributed by atoms with Crippen LogP contribution in [0.1, 0.15) is 48.9 Å². The van der Waals surface area contributed by atoms with Crippen molar-refractivity contribution in [1.82, 2.24) is 15.4 Å². The number of hydrogen-bond donors (Lipinski definition) is 3.